The van der Waals surface area contributed by atoms with Gasteiger partial charge in [0.15, 0.2) is 0 Å². The number of quaternary nitrogens is 1. The molecule has 0 saturated heterocycles. The number of rotatable bonds is 3. The topological polar surface area (TPSA) is 36.9 Å². The molecule has 3 N–H and O–H groups in total. The average Bonchev–Trinajstić information content (AvgIpc) is 2.31. The number of ether oxygens (including phenoxy) is 1. The van der Waals surface area contributed by atoms with Crippen molar-refractivity contribution >= 4 is 0 Å². The Hall–Kier alpha value is -1.80. The molecule has 0 radical (unpaired) electrons. The SMILES string of the molecule is [NH3+]Cc1ccccc1Oc1ccccc1. The first-order valence-corrected chi connectivity index (χ1v) is 5.00. The first kappa shape index (κ1) is 9.74. The maximum absolute atomic E-state index is 5.76. The molecule has 15 heavy (non-hydrogen) atoms. The Balaban J connectivity index is 2.24. The average molecular weight is 200 g/mol. The highest BCUT2D eigenvalue weighted by Crippen LogP contribution is 2.23. The van der Waals surface area contributed by atoms with Crippen molar-refractivity contribution in [3.63, 3.8) is 0 Å². The first-order chi connectivity index (χ1) is 7.40. The van der Waals surface area contributed by atoms with Gasteiger partial charge in [0.2, 0.25) is 0 Å². The Bertz CT molecular complexity index is 426. The Kier molecular flexibility index (Phi) is 3.00. The molecule has 0 saturated carbocycles. The van der Waals surface area contributed by atoms with Gasteiger partial charge in [-0.15, -0.1) is 0 Å². The van der Waals surface area contributed by atoms with Crippen LogP contribution in [0.3, 0.4) is 0 Å². The Morgan fingerprint density at radius 2 is 1.53 bits per heavy atom. The van der Waals surface area contributed by atoms with Crippen LogP contribution in [0.25, 0.3) is 0 Å². The zero-order chi connectivity index (χ0) is 10.5. The monoisotopic (exact) mass is 200 g/mol. The fourth-order valence-electron chi connectivity index (χ4n) is 1.43. The molecule has 0 bridgehead atoms. The predicted molar refractivity (Wildman–Crippen MR) is 59.6 cm³/mol. The van der Waals surface area contributed by atoms with Gasteiger partial charge in [0.05, 0.1) is 0 Å². The van der Waals surface area contributed by atoms with E-state index in [9.17, 15) is 0 Å². The molecule has 0 aliphatic carbocycles. The van der Waals surface area contributed by atoms with Crippen LogP contribution in [0.2, 0.25) is 0 Å². The normalized spacial score (nSPS) is 9.93. The second kappa shape index (κ2) is 4.62. The van der Waals surface area contributed by atoms with Crippen LogP contribution in [-0.2, 0) is 6.54 Å². The molecular formula is C13H14NO+. The summed E-state index contributed by atoms with van der Waals surface area (Å²) in [5.74, 6) is 1.75. The summed E-state index contributed by atoms with van der Waals surface area (Å²) in [5.41, 5.74) is 5.00. The van der Waals surface area contributed by atoms with E-state index >= 15 is 0 Å². The third kappa shape index (κ3) is 2.36. The van der Waals surface area contributed by atoms with Crippen LogP contribution < -0.4 is 10.5 Å². The molecule has 2 aromatic carbocycles. The van der Waals surface area contributed by atoms with Crippen LogP contribution in [0, 0.1) is 0 Å². The van der Waals surface area contributed by atoms with Crippen LogP contribution in [-0.4, -0.2) is 0 Å². The van der Waals surface area contributed by atoms with Crippen LogP contribution in [0.5, 0.6) is 11.5 Å². The van der Waals surface area contributed by atoms with E-state index in [0.29, 0.717) is 0 Å². The van der Waals surface area contributed by atoms with Crippen LogP contribution in [0.15, 0.2) is 54.6 Å². The van der Waals surface area contributed by atoms with Gasteiger partial charge in [0, 0.05) is 5.56 Å². The lowest BCUT2D eigenvalue weighted by Crippen LogP contribution is -2.47. The number of hydrogen-bond donors (Lipinski definition) is 1. The molecule has 0 amide bonds. The zero-order valence-electron chi connectivity index (χ0n) is 8.52. The van der Waals surface area contributed by atoms with E-state index in [0.717, 1.165) is 23.6 Å². The maximum atomic E-state index is 5.76. The van der Waals surface area contributed by atoms with E-state index in [2.05, 4.69) is 5.73 Å². The van der Waals surface area contributed by atoms with E-state index < -0.39 is 0 Å². The summed E-state index contributed by atoms with van der Waals surface area (Å²) in [7, 11) is 0. The lowest BCUT2D eigenvalue weighted by Gasteiger charge is -2.08. The van der Waals surface area contributed by atoms with Gasteiger partial charge >= 0.3 is 0 Å². The molecule has 2 aromatic rings. The van der Waals surface area contributed by atoms with Crippen molar-refractivity contribution in [2.24, 2.45) is 0 Å². The molecule has 0 aromatic heterocycles. The summed E-state index contributed by atoms with van der Waals surface area (Å²) in [5, 5.41) is 0. The molecule has 0 heterocycles. The summed E-state index contributed by atoms with van der Waals surface area (Å²) >= 11 is 0. The predicted octanol–water partition coefficient (Wildman–Crippen LogP) is 2.22. The molecule has 2 heteroatoms. The molecule has 0 fully saturated rings. The van der Waals surface area contributed by atoms with Gasteiger partial charge in [-0.2, -0.15) is 0 Å². The van der Waals surface area contributed by atoms with Gasteiger partial charge in [-0.3, -0.25) is 0 Å². The Morgan fingerprint density at radius 1 is 0.867 bits per heavy atom. The smallest absolute Gasteiger partial charge is 0.136 e. The van der Waals surface area contributed by atoms with E-state index in [1.54, 1.807) is 0 Å². The van der Waals surface area contributed by atoms with Crippen molar-refractivity contribution in [3.8, 4) is 11.5 Å². The maximum Gasteiger partial charge on any atom is 0.136 e. The molecule has 76 valence electrons. The van der Waals surface area contributed by atoms with Crippen molar-refractivity contribution in [3.05, 3.63) is 60.2 Å². The van der Waals surface area contributed by atoms with E-state index in [-0.39, 0.29) is 0 Å². The van der Waals surface area contributed by atoms with Gasteiger partial charge in [-0.25, -0.2) is 0 Å². The summed E-state index contributed by atoms with van der Waals surface area (Å²) in [4.78, 5) is 0. The van der Waals surface area contributed by atoms with Gasteiger partial charge in [-0.1, -0.05) is 30.3 Å². The van der Waals surface area contributed by atoms with Crippen LogP contribution >= 0.6 is 0 Å². The Morgan fingerprint density at radius 3 is 2.27 bits per heavy atom. The highest BCUT2D eigenvalue weighted by atomic mass is 16.5. The van der Waals surface area contributed by atoms with Crippen molar-refractivity contribution in [2.75, 3.05) is 0 Å². The van der Waals surface area contributed by atoms with Crippen LogP contribution in [0.1, 0.15) is 5.56 Å². The quantitative estimate of drug-likeness (QED) is 0.810. The highest BCUT2D eigenvalue weighted by molar-refractivity contribution is 5.37. The third-order valence-electron chi connectivity index (χ3n) is 2.21. The third-order valence-corrected chi connectivity index (χ3v) is 2.21. The summed E-state index contributed by atoms with van der Waals surface area (Å²) in [6.45, 7) is 0.739. The van der Waals surface area contributed by atoms with Crippen LogP contribution in [0.4, 0.5) is 0 Å². The lowest BCUT2D eigenvalue weighted by molar-refractivity contribution is -0.386. The second-order valence-electron chi connectivity index (χ2n) is 3.27. The minimum Gasteiger partial charge on any atom is -0.457 e. The van der Waals surface area contributed by atoms with Gasteiger partial charge in [-0.05, 0) is 24.3 Å². The molecule has 2 rings (SSSR count). The molecule has 0 aliphatic rings. The van der Waals surface area contributed by atoms with Gasteiger partial charge in [0.25, 0.3) is 0 Å². The standard InChI is InChI=1S/C13H13NO/c14-10-11-6-4-5-9-13(11)15-12-7-2-1-3-8-12/h1-9H,10,14H2/p+1. The summed E-state index contributed by atoms with van der Waals surface area (Å²) in [6.07, 6.45) is 0. The zero-order valence-corrected chi connectivity index (χ0v) is 8.52. The van der Waals surface area contributed by atoms with Crippen molar-refractivity contribution in [1.29, 1.82) is 0 Å². The number of para-hydroxylation sites is 2. The molecule has 2 nitrogen and oxygen atoms in total. The molecule has 0 aliphatic heterocycles. The van der Waals surface area contributed by atoms with Crippen molar-refractivity contribution in [2.45, 2.75) is 6.54 Å². The minimum atomic E-state index is 0.739. The van der Waals surface area contributed by atoms with Crippen molar-refractivity contribution in [1.82, 2.24) is 0 Å². The largest absolute Gasteiger partial charge is 0.457 e. The fraction of sp³-hybridized carbons (Fsp3) is 0.0769. The van der Waals surface area contributed by atoms with Gasteiger partial charge in [0.1, 0.15) is 18.0 Å². The number of hydrogen-bond acceptors (Lipinski definition) is 1. The highest BCUT2D eigenvalue weighted by Gasteiger charge is 2.02. The lowest BCUT2D eigenvalue weighted by atomic mass is 10.2. The van der Waals surface area contributed by atoms with Gasteiger partial charge < -0.3 is 10.5 Å². The second-order valence-corrected chi connectivity index (χ2v) is 3.27. The van der Waals surface area contributed by atoms with E-state index in [4.69, 9.17) is 4.74 Å². The first-order valence-electron chi connectivity index (χ1n) is 5.00. The summed E-state index contributed by atoms with van der Waals surface area (Å²) < 4.78 is 5.76. The molecule has 0 unspecified atom stereocenters. The number of benzene rings is 2. The van der Waals surface area contributed by atoms with E-state index in [1.165, 1.54) is 0 Å². The molecule has 0 spiro atoms. The molecule has 0 atom stereocenters. The fourth-order valence-corrected chi connectivity index (χ4v) is 1.43. The van der Waals surface area contributed by atoms with Crippen molar-refractivity contribution < 1.29 is 10.5 Å². The summed E-state index contributed by atoms with van der Waals surface area (Å²) in [6, 6.07) is 17.7. The Labute approximate surface area is 89.3 Å². The minimum absolute atomic E-state index is 0.739. The van der Waals surface area contributed by atoms with E-state index in [1.807, 2.05) is 54.6 Å². The molecular weight excluding hydrogens is 186 g/mol.